The van der Waals surface area contributed by atoms with Crippen molar-refractivity contribution in [3.05, 3.63) is 195 Å². The molecule has 10 rings (SSSR count). The van der Waals surface area contributed by atoms with Crippen LogP contribution in [0, 0.1) is 34.6 Å². The van der Waals surface area contributed by atoms with Gasteiger partial charge in [0.2, 0.25) is 0 Å². The number of phenols is 1. The van der Waals surface area contributed by atoms with Crippen LogP contribution >= 0.6 is 0 Å². The second-order valence-electron chi connectivity index (χ2n) is 28.9. The first kappa shape index (κ1) is 94.6. The van der Waals surface area contributed by atoms with Gasteiger partial charge in [-0.3, -0.25) is 43.2 Å². The smallest absolute Gasteiger partial charge is 0.323 e. The van der Waals surface area contributed by atoms with Crippen molar-refractivity contribution in [2.75, 3.05) is 0 Å². The van der Waals surface area contributed by atoms with E-state index < -0.39 is 70.1 Å². The third-order valence-corrected chi connectivity index (χ3v) is 19.3. The van der Waals surface area contributed by atoms with Gasteiger partial charge in [-0.1, -0.05) is 154 Å². The Kier molecular flexibility index (Phi) is 39.2. The van der Waals surface area contributed by atoms with Crippen molar-refractivity contribution in [1.29, 1.82) is 0 Å². The molecule has 2 aliphatic carbocycles. The number of carboxylic acid groups (broad SMARTS) is 5. The Morgan fingerprint density at radius 3 is 1.26 bits per heavy atom. The number of rotatable bonds is 19. The molecule has 3 aliphatic rings. The molecule has 0 radical (unpaired) electrons. The molecule has 2 fully saturated rings. The van der Waals surface area contributed by atoms with Crippen LogP contribution in [0.4, 0.5) is 0 Å². The number of ketones is 4. The molecule has 0 unspecified atom stereocenters. The summed E-state index contributed by atoms with van der Waals surface area (Å²) in [5.41, 5.74) is 53.1. The number of fused-ring (bicyclic) bond motifs is 3. The van der Waals surface area contributed by atoms with Crippen LogP contribution in [-0.4, -0.2) is 136 Å². The number of nitrogens with one attached hydrogen (secondary N) is 1. The first-order valence-electron chi connectivity index (χ1n) is 36.2. The van der Waals surface area contributed by atoms with Crippen LogP contribution in [0.15, 0.2) is 133 Å². The number of aliphatic carboxylic acids is 5. The number of nitrogens with two attached hydrogens (primary N) is 8. The largest absolute Gasteiger partial charge is 0.508 e. The van der Waals surface area contributed by atoms with E-state index in [0.29, 0.717) is 77.2 Å². The van der Waals surface area contributed by atoms with E-state index in [1.165, 1.54) is 84.0 Å². The Bertz CT molecular complexity index is 4010. The van der Waals surface area contributed by atoms with Crippen LogP contribution in [0.5, 0.6) is 5.75 Å². The lowest BCUT2D eigenvalue weighted by Crippen LogP contribution is -2.53. The highest BCUT2D eigenvalue weighted by Gasteiger charge is 2.40. The van der Waals surface area contributed by atoms with Gasteiger partial charge in [0.1, 0.15) is 57.1 Å². The fourth-order valence-electron chi connectivity index (χ4n) is 11.3. The Morgan fingerprint density at radius 1 is 0.481 bits per heavy atom. The number of phenolic OH excluding ortho intramolecular Hbond substituents is 1. The summed E-state index contributed by atoms with van der Waals surface area (Å²) in [5.74, 6) is -4.00. The molecular formula is C84H119N9O15. The van der Waals surface area contributed by atoms with Gasteiger partial charge in [-0.25, -0.2) is 0 Å². The zero-order chi connectivity index (χ0) is 82.2. The number of aryl methyl sites for hydroxylation is 5. The third kappa shape index (κ3) is 31.8. The van der Waals surface area contributed by atoms with Gasteiger partial charge < -0.3 is 81.8 Å². The molecule has 1 heterocycles. The van der Waals surface area contributed by atoms with E-state index in [9.17, 15) is 48.3 Å². The number of carbonyl (C=O) groups excluding carboxylic acids is 4. The molecule has 0 amide bonds. The van der Waals surface area contributed by atoms with Crippen molar-refractivity contribution in [3.8, 4) is 5.75 Å². The maximum absolute atomic E-state index is 11.2. The van der Waals surface area contributed by atoms with E-state index in [4.69, 9.17) is 71.4 Å². The summed E-state index contributed by atoms with van der Waals surface area (Å²) in [6.45, 7) is 23.2. The van der Waals surface area contributed by atoms with Gasteiger partial charge in [0.25, 0.3) is 0 Å². The molecule has 7 aromatic rings. The number of hydrogen-bond acceptors (Lipinski definition) is 19. The van der Waals surface area contributed by atoms with Gasteiger partial charge in [-0.05, 0) is 243 Å². The van der Waals surface area contributed by atoms with Gasteiger partial charge in [-0.15, -0.1) is 0 Å². The first-order valence-corrected chi connectivity index (χ1v) is 36.2. The Hall–Kier alpha value is -9.47. The minimum atomic E-state index is -1.08. The Labute approximate surface area is 635 Å². The number of Topliss-reactive ketones (excluding diaryl/α,β-unsaturated/α-hetero) is 4. The number of hydrogen-bond donors (Lipinski definition) is 15. The lowest BCUT2D eigenvalue weighted by atomic mass is 9.78. The van der Waals surface area contributed by atoms with E-state index in [0.717, 1.165) is 52.6 Å². The van der Waals surface area contributed by atoms with Crippen LogP contribution in [0.2, 0.25) is 0 Å². The summed E-state index contributed by atoms with van der Waals surface area (Å²) < 4.78 is 0. The minimum absolute atomic E-state index is 0.0122. The van der Waals surface area contributed by atoms with Crippen molar-refractivity contribution in [3.63, 3.8) is 0 Å². The van der Waals surface area contributed by atoms with Crippen molar-refractivity contribution in [2.24, 2.45) is 45.9 Å². The number of carboxylic acids is 5. The van der Waals surface area contributed by atoms with Crippen molar-refractivity contribution >= 4 is 74.5 Å². The predicted molar refractivity (Wildman–Crippen MR) is 426 cm³/mol. The first-order chi connectivity index (χ1) is 50.3. The Balaban J connectivity index is 0.000000418. The average Bonchev–Trinajstić information content (AvgIpc) is 0.988. The zero-order valence-corrected chi connectivity index (χ0v) is 65.2. The molecule has 0 spiro atoms. The van der Waals surface area contributed by atoms with Gasteiger partial charge >= 0.3 is 29.8 Å². The van der Waals surface area contributed by atoms with Gasteiger partial charge in [0, 0.05) is 6.54 Å². The van der Waals surface area contributed by atoms with Crippen molar-refractivity contribution in [1.82, 2.24) is 5.32 Å². The van der Waals surface area contributed by atoms with Crippen LogP contribution in [-0.2, 0) is 81.8 Å². The lowest BCUT2D eigenvalue weighted by Gasteiger charge is -2.32. The van der Waals surface area contributed by atoms with Crippen LogP contribution < -0.4 is 51.2 Å². The molecule has 5 atom stereocenters. The molecule has 0 saturated heterocycles. The monoisotopic (exact) mass is 1490 g/mol. The molecule has 2 saturated carbocycles. The minimum Gasteiger partial charge on any atom is -0.508 e. The zero-order valence-electron chi connectivity index (χ0n) is 65.2. The lowest BCUT2D eigenvalue weighted by molar-refractivity contribution is -0.147. The highest BCUT2D eigenvalue weighted by Crippen LogP contribution is 2.30. The summed E-state index contributed by atoms with van der Waals surface area (Å²) in [4.78, 5) is 96.0. The number of aromatic hydroxyl groups is 1. The molecule has 24 nitrogen and oxygen atoms in total. The average molecular weight is 1490 g/mol. The maximum atomic E-state index is 11.2. The van der Waals surface area contributed by atoms with E-state index in [2.05, 4.69) is 80.7 Å². The van der Waals surface area contributed by atoms with E-state index >= 15 is 0 Å². The fourth-order valence-corrected chi connectivity index (χ4v) is 11.3. The quantitative estimate of drug-likeness (QED) is 0.0358. The second-order valence-corrected chi connectivity index (χ2v) is 28.9. The molecule has 0 aromatic heterocycles. The van der Waals surface area contributed by atoms with Crippen molar-refractivity contribution in [2.45, 2.75) is 239 Å². The summed E-state index contributed by atoms with van der Waals surface area (Å²) in [6.07, 6.45) is 9.41. The van der Waals surface area contributed by atoms with Gasteiger partial charge in [0.15, 0.2) is 0 Å². The van der Waals surface area contributed by atoms with Gasteiger partial charge in [-0.2, -0.15) is 0 Å². The topological polar surface area (TPSA) is 495 Å². The Morgan fingerprint density at radius 2 is 0.870 bits per heavy atom. The molecule has 0 bridgehead atoms. The highest BCUT2D eigenvalue weighted by atomic mass is 16.4. The van der Waals surface area contributed by atoms with Crippen LogP contribution in [0.1, 0.15) is 174 Å². The number of benzene rings is 7. The standard InChI is InChI=1S/2C14H15NO.C13H19NO.C12H17NO2.C10H11NO2.C6H11NO2.C6H13NO2.C5H9NO2.C4H9NO2/c1-10(16)14(15)9-12-7-4-6-11-5-2-3-8-13(11)12;1-10(16)14(15)9-11-6-7-12-4-2-3-5-13(12)8-11;1-8-5-9(2)12(10(3)6-8)7-13(14)11(4)15;1-7-4-10(15)5-8(2)11(7)6-12(13)9(3)14;12-10(13)9-5-7-3-1-2-4-8(7)6-11-9;7-6(5(8)9)3-1-2-4-6;1-3-6(7,4-2)5(8)9;6-5(4(7)8)2-1-3-5;1-4(2,5)3(6)7/h2*2-8,14H,9,15H2,1H3;5-6,13H,7,14H2,1-4H3;4-5,12,15H,6,13H2,1-3H3;1-4,9,11H,5-6H2,(H,12,13);1-4,7H2,(H,8,9);3-4,7H2,1-2H3,(H,8,9);1-3,6H2,(H,7,8);5H2,1-2H3,(H,6,7)/t2*14-;13-;12-;9-;;;;/m00000..../s1. The predicted octanol–water partition coefficient (Wildman–Crippen LogP) is 9.61. The molecule has 1 aliphatic heterocycles. The second kappa shape index (κ2) is 44.7. The normalized spacial score (nSPS) is 15.2. The van der Waals surface area contributed by atoms with Gasteiger partial charge in [0.05, 0.1) is 24.2 Å². The number of carbonyl (C=O) groups is 9. The molecule has 24 heteroatoms. The summed E-state index contributed by atoms with van der Waals surface area (Å²) in [7, 11) is 0. The summed E-state index contributed by atoms with van der Waals surface area (Å²) in [5, 5.41) is 59.5. The summed E-state index contributed by atoms with van der Waals surface area (Å²) in [6, 6.07) is 42.2. The molecule has 23 N–H and O–H groups in total. The third-order valence-electron chi connectivity index (χ3n) is 19.3. The SMILES string of the molecule is CC(=O)[C@@H](N)Cc1c(C)cc(C)cc1C.CC(=O)[C@@H](N)Cc1c(C)cc(O)cc1C.CC(=O)[C@@H](N)Cc1ccc2ccccc2c1.CC(=O)[C@@H](N)Cc1cccc2ccccc12.CC(C)(N)C(=O)O.CCC(N)(CC)C(=O)O.NC1(C(=O)O)CCC1.NC1(C(=O)O)CCCC1.O=C(O)[C@@H]1Cc2ccccc2CN1. The van der Waals surface area contributed by atoms with Crippen molar-refractivity contribution < 1.29 is 73.8 Å². The van der Waals surface area contributed by atoms with Crippen LogP contribution in [0.25, 0.3) is 21.5 Å². The highest BCUT2D eigenvalue weighted by molar-refractivity contribution is 5.88. The molecule has 7 aromatic carbocycles. The van der Waals surface area contributed by atoms with E-state index in [-0.39, 0.29) is 41.0 Å². The van der Waals surface area contributed by atoms with E-state index in [1.54, 1.807) is 32.9 Å². The fraction of sp³-hybridized carbons (Fsp3) is 0.440. The molecule has 590 valence electrons. The maximum Gasteiger partial charge on any atom is 0.323 e. The van der Waals surface area contributed by atoms with Crippen LogP contribution in [0.3, 0.4) is 0 Å². The molecular weight excluding hydrogens is 1370 g/mol. The molecule has 108 heavy (non-hydrogen) atoms. The summed E-state index contributed by atoms with van der Waals surface area (Å²) >= 11 is 0. The van der Waals surface area contributed by atoms with E-state index in [1.807, 2.05) is 80.6 Å².